The molecule has 4 bridgehead atoms. The van der Waals surface area contributed by atoms with E-state index in [1.165, 1.54) is 43.2 Å². The minimum Gasteiger partial charge on any atom is -0.387 e. The van der Waals surface area contributed by atoms with E-state index in [0.29, 0.717) is 23.3 Å². The molecule has 2 atom stereocenters. The molecule has 0 radical (unpaired) electrons. The van der Waals surface area contributed by atoms with Gasteiger partial charge in [-0.05, 0) is 113 Å². The van der Waals surface area contributed by atoms with Crippen LogP contribution in [-0.4, -0.2) is 0 Å². The van der Waals surface area contributed by atoms with E-state index in [9.17, 15) is 10.5 Å². The Balaban J connectivity index is 1.38. The van der Waals surface area contributed by atoms with Gasteiger partial charge in [-0.2, -0.15) is 0 Å². The number of nitriles is 2. The SMILES string of the molecule is CC(C)C12CC3CC(c4ccc(OC#N)c(-c5ccccc5)c4)(CC(c4ccc(OC#N)c(-c5ccccc5)c4)(C3)C1)C2. The first-order valence-electron chi connectivity index (χ1n) is 15.4. The smallest absolute Gasteiger partial charge is 0.292 e. The van der Waals surface area contributed by atoms with Gasteiger partial charge in [0.1, 0.15) is 11.5 Å². The Morgan fingerprint density at radius 2 is 1.09 bits per heavy atom. The standard InChI is InChI=1S/C39H36N2O2/c1-27(2)37-19-28-20-38(22-37,31-13-15-35(42-25-40)33(17-31)29-9-5-3-6-10-29)24-39(21-28,23-37)32-14-16-36(43-26-41)34(18-32)30-11-7-4-8-12-30/h3-18,27-28H,19-24H2,1-2H3. The van der Waals surface area contributed by atoms with Crippen molar-refractivity contribution >= 4 is 0 Å². The monoisotopic (exact) mass is 564 g/mol. The summed E-state index contributed by atoms with van der Waals surface area (Å²) in [6.45, 7) is 4.85. The van der Waals surface area contributed by atoms with Crippen molar-refractivity contribution in [2.24, 2.45) is 17.3 Å². The molecule has 2 unspecified atom stereocenters. The van der Waals surface area contributed by atoms with Crippen molar-refractivity contribution in [2.45, 2.75) is 63.2 Å². The molecule has 4 aromatic rings. The van der Waals surface area contributed by atoms with E-state index in [1.807, 2.05) is 61.0 Å². The maximum absolute atomic E-state index is 9.40. The Labute approximate surface area is 254 Å². The maximum atomic E-state index is 9.40. The summed E-state index contributed by atoms with van der Waals surface area (Å²) in [5.41, 5.74) is 7.13. The van der Waals surface area contributed by atoms with E-state index in [1.54, 1.807) is 0 Å². The van der Waals surface area contributed by atoms with Crippen LogP contribution in [0.15, 0.2) is 97.1 Å². The van der Waals surface area contributed by atoms with E-state index in [2.05, 4.69) is 62.4 Å². The summed E-state index contributed by atoms with van der Waals surface area (Å²) in [6, 6.07) is 33.7. The van der Waals surface area contributed by atoms with Crippen molar-refractivity contribution in [1.82, 2.24) is 0 Å². The second kappa shape index (κ2) is 10.3. The van der Waals surface area contributed by atoms with Gasteiger partial charge in [0.2, 0.25) is 0 Å². The summed E-state index contributed by atoms with van der Waals surface area (Å²) in [7, 11) is 0. The largest absolute Gasteiger partial charge is 0.387 e. The molecule has 0 saturated heterocycles. The summed E-state index contributed by atoms with van der Waals surface area (Å²) >= 11 is 0. The number of benzene rings is 4. The van der Waals surface area contributed by atoms with Crippen LogP contribution in [0.5, 0.6) is 11.5 Å². The van der Waals surface area contributed by atoms with Gasteiger partial charge in [0.25, 0.3) is 12.5 Å². The third-order valence-corrected chi connectivity index (χ3v) is 11.0. The van der Waals surface area contributed by atoms with Crippen LogP contribution < -0.4 is 9.47 Å². The van der Waals surface area contributed by atoms with Crippen molar-refractivity contribution in [3.63, 3.8) is 0 Å². The van der Waals surface area contributed by atoms with Crippen molar-refractivity contribution in [1.29, 1.82) is 10.5 Å². The molecule has 43 heavy (non-hydrogen) atoms. The third kappa shape index (κ3) is 4.49. The quantitative estimate of drug-likeness (QED) is 0.210. The van der Waals surface area contributed by atoms with Crippen molar-refractivity contribution in [3.8, 4) is 46.3 Å². The van der Waals surface area contributed by atoms with Crippen LogP contribution in [0.3, 0.4) is 0 Å². The van der Waals surface area contributed by atoms with Gasteiger partial charge in [-0.1, -0.05) is 86.6 Å². The second-order valence-electron chi connectivity index (χ2n) is 13.6. The summed E-state index contributed by atoms with van der Waals surface area (Å²) in [5, 5.41) is 18.8. The lowest BCUT2D eigenvalue weighted by Gasteiger charge is -2.68. The molecule has 4 heteroatoms. The van der Waals surface area contributed by atoms with Gasteiger partial charge in [-0.25, -0.2) is 0 Å². The number of nitrogens with zero attached hydrogens (tertiary/aromatic N) is 2. The molecular formula is C39H36N2O2. The van der Waals surface area contributed by atoms with Crippen molar-refractivity contribution in [2.75, 3.05) is 0 Å². The lowest BCUT2D eigenvalue weighted by Crippen LogP contribution is -2.61. The highest BCUT2D eigenvalue weighted by Crippen LogP contribution is 2.72. The molecule has 0 heterocycles. The highest BCUT2D eigenvalue weighted by Gasteiger charge is 2.64. The van der Waals surface area contributed by atoms with Crippen LogP contribution in [0.2, 0.25) is 0 Å². The summed E-state index contributed by atoms with van der Waals surface area (Å²) in [6.07, 6.45) is 10.9. The van der Waals surface area contributed by atoms with Crippen molar-refractivity contribution < 1.29 is 9.47 Å². The van der Waals surface area contributed by atoms with Gasteiger partial charge in [0, 0.05) is 11.1 Å². The second-order valence-corrected chi connectivity index (χ2v) is 13.6. The zero-order valence-electron chi connectivity index (χ0n) is 24.8. The van der Waals surface area contributed by atoms with Gasteiger partial charge in [-0.15, -0.1) is 10.5 Å². The molecule has 4 aliphatic carbocycles. The Morgan fingerprint density at radius 1 is 0.628 bits per heavy atom. The highest BCUT2D eigenvalue weighted by molar-refractivity contribution is 5.73. The number of rotatable bonds is 7. The van der Waals surface area contributed by atoms with Gasteiger partial charge >= 0.3 is 0 Å². The number of ether oxygens (including phenoxy) is 2. The molecule has 4 aliphatic rings. The highest BCUT2D eigenvalue weighted by atomic mass is 16.5. The number of hydrogen-bond donors (Lipinski definition) is 0. The molecule has 0 aliphatic heterocycles. The van der Waals surface area contributed by atoms with E-state index < -0.39 is 0 Å². The van der Waals surface area contributed by atoms with Gasteiger partial charge < -0.3 is 9.47 Å². The van der Waals surface area contributed by atoms with Crippen LogP contribution in [0.1, 0.15) is 63.5 Å². The van der Waals surface area contributed by atoms with E-state index in [0.717, 1.165) is 28.7 Å². The van der Waals surface area contributed by atoms with E-state index in [-0.39, 0.29) is 16.2 Å². The lowest BCUT2D eigenvalue weighted by atomic mass is 9.36. The topological polar surface area (TPSA) is 66.0 Å². The summed E-state index contributed by atoms with van der Waals surface area (Å²) in [4.78, 5) is 0. The molecule has 0 aromatic heterocycles. The summed E-state index contributed by atoms with van der Waals surface area (Å²) in [5.74, 6) is 2.43. The molecule has 4 nitrogen and oxygen atoms in total. The van der Waals surface area contributed by atoms with Crippen LogP contribution >= 0.6 is 0 Å². The lowest BCUT2D eigenvalue weighted by molar-refractivity contribution is -0.113. The molecular weight excluding hydrogens is 528 g/mol. The van der Waals surface area contributed by atoms with Crippen LogP contribution in [-0.2, 0) is 10.8 Å². The van der Waals surface area contributed by atoms with Gasteiger partial charge in [-0.3, -0.25) is 0 Å². The van der Waals surface area contributed by atoms with E-state index >= 15 is 0 Å². The first kappa shape index (κ1) is 27.3. The molecule has 0 spiro atoms. The molecule has 4 saturated carbocycles. The van der Waals surface area contributed by atoms with Gasteiger partial charge in [0.05, 0.1) is 0 Å². The normalized spacial score (nSPS) is 27.0. The van der Waals surface area contributed by atoms with Crippen LogP contribution in [0.4, 0.5) is 0 Å². The third-order valence-electron chi connectivity index (χ3n) is 11.0. The predicted octanol–water partition coefficient (Wildman–Crippen LogP) is 9.56. The van der Waals surface area contributed by atoms with Gasteiger partial charge in [0.15, 0.2) is 0 Å². The number of hydrogen-bond acceptors (Lipinski definition) is 4. The molecule has 4 aromatic carbocycles. The van der Waals surface area contributed by atoms with Crippen LogP contribution in [0, 0.1) is 40.3 Å². The summed E-state index contributed by atoms with van der Waals surface area (Å²) < 4.78 is 10.9. The molecule has 8 rings (SSSR count). The molecule has 0 amide bonds. The Hall–Kier alpha value is -4.54. The zero-order valence-corrected chi connectivity index (χ0v) is 24.8. The Morgan fingerprint density at radius 3 is 1.51 bits per heavy atom. The molecule has 0 N–H and O–H groups in total. The predicted molar refractivity (Wildman–Crippen MR) is 168 cm³/mol. The Bertz CT molecular complexity index is 1630. The minimum absolute atomic E-state index is 0.0348. The average molecular weight is 565 g/mol. The maximum Gasteiger partial charge on any atom is 0.292 e. The van der Waals surface area contributed by atoms with Crippen molar-refractivity contribution in [3.05, 3.63) is 108 Å². The Kier molecular flexibility index (Phi) is 6.55. The minimum atomic E-state index is 0.0348. The van der Waals surface area contributed by atoms with E-state index in [4.69, 9.17) is 9.47 Å². The average Bonchev–Trinajstić information content (AvgIpc) is 3.02. The van der Waals surface area contributed by atoms with Crippen LogP contribution in [0.25, 0.3) is 22.3 Å². The molecule has 214 valence electrons. The zero-order chi connectivity index (χ0) is 29.7. The fraction of sp³-hybridized carbons (Fsp3) is 0.333. The fourth-order valence-electron chi connectivity index (χ4n) is 9.48. The molecule has 4 fully saturated rings. The fourth-order valence-corrected chi connectivity index (χ4v) is 9.48. The first-order chi connectivity index (χ1) is 20.9. The first-order valence-corrected chi connectivity index (χ1v) is 15.4.